The molecular weight excluding hydrogens is 207 g/mol. The Balaban J connectivity index is 0. The molecule has 1 aliphatic rings. The number of hydrogen-bond donors (Lipinski definition) is 1. The molecule has 0 aromatic carbocycles. The van der Waals surface area contributed by atoms with Gasteiger partial charge in [0, 0.05) is 0 Å². The second-order valence-corrected chi connectivity index (χ2v) is 2.89. The van der Waals surface area contributed by atoms with Gasteiger partial charge in [-0.3, -0.25) is 4.90 Å². The summed E-state index contributed by atoms with van der Waals surface area (Å²) in [4.78, 5) is 2.40. The van der Waals surface area contributed by atoms with Gasteiger partial charge in [-0.25, -0.2) is 0 Å². The van der Waals surface area contributed by atoms with E-state index in [1.165, 1.54) is 32.4 Å². The van der Waals surface area contributed by atoms with Crippen LogP contribution in [0.5, 0.6) is 0 Å². The zero-order valence-electron chi connectivity index (χ0n) is 7.79. The van der Waals surface area contributed by atoms with Crippen molar-refractivity contribution >= 4 is 24.8 Å². The summed E-state index contributed by atoms with van der Waals surface area (Å²) in [5.41, 5.74) is 5.25. The first-order valence-electron chi connectivity index (χ1n) is 4.31. The molecule has 0 spiro atoms. The maximum atomic E-state index is 5.25. The summed E-state index contributed by atoms with van der Waals surface area (Å²) in [5.74, 6) is 5.94. The zero-order chi connectivity index (χ0) is 7.94. The van der Waals surface area contributed by atoms with Crippen molar-refractivity contribution in [3.05, 3.63) is 0 Å². The highest BCUT2D eigenvalue weighted by atomic mass is 35.5. The Morgan fingerprint density at radius 3 is 2.15 bits per heavy atom. The summed E-state index contributed by atoms with van der Waals surface area (Å²) < 4.78 is 0. The minimum Gasteiger partial charge on any atom is -0.320 e. The van der Waals surface area contributed by atoms with Gasteiger partial charge in [0.1, 0.15) is 0 Å². The van der Waals surface area contributed by atoms with Crippen LogP contribution < -0.4 is 5.73 Å². The summed E-state index contributed by atoms with van der Waals surface area (Å²) in [6, 6.07) is 0. The molecule has 0 bridgehead atoms. The number of nitrogens with zero attached hydrogens (tertiary/aromatic N) is 1. The fourth-order valence-corrected chi connectivity index (χ4v) is 1.36. The van der Waals surface area contributed by atoms with E-state index in [9.17, 15) is 0 Å². The number of piperidine rings is 1. The van der Waals surface area contributed by atoms with Gasteiger partial charge in [0.2, 0.25) is 0 Å². The van der Waals surface area contributed by atoms with Gasteiger partial charge in [0.25, 0.3) is 0 Å². The maximum Gasteiger partial charge on any atom is 0.0602 e. The molecule has 0 amide bonds. The summed E-state index contributed by atoms with van der Waals surface area (Å²) in [7, 11) is 0. The molecular formula is C9H18Cl2N2. The van der Waals surface area contributed by atoms with Gasteiger partial charge in [-0.2, -0.15) is 0 Å². The average Bonchev–Trinajstić information content (AvgIpc) is 2.07. The number of nitrogens with two attached hydrogens (primary N) is 1. The van der Waals surface area contributed by atoms with E-state index in [-0.39, 0.29) is 24.8 Å². The van der Waals surface area contributed by atoms with Crippen LogP contribution >= 0.6 is 24.8 Å². The molecule has 0 radical (unpaired) electrons. The lowest BCUT2D eigenvalue weighted by Crippen LogP contribution is -2.29. The average molecular weight is 225 g/mol. The largest absolute Gasteiger partial charge is 0.320 e. The van der Waals surface area contributed by atoms with Gasteiger partial charge in [0.05, 0.1) is 13.1 Å². The molecule has 13 heavy (non-hydrogen) atoms. The van der Waals surface area contributed by atoms with Crippen molar-refractivity contribution in [3.8, 4) is 11.8 Å². The first kappa shape index (κ1) is 15.5. The third-order valence-corrected chi connectivity index (χ3v) is 1.98. The van der Waals surface area contributed by atoms with Crippen molar-refractivity contribution in [3.63, 3.8) is 0 Å². The lowest BCUT2D eigenvalue weighted by atomic mass is 10.1. The molecule has 0 aromatic heterocycles. The molecule has 4 heteroatoms. The Hall–Kier alpha value is 0.0600. The van der Waals surface area contributed by atoms with Crippen LogP contribution in [0.1, 0.15) is 19.3 Å². The van der Waals surface area contributed by atoms with E-state index in [0.29, 0.717) is 6.54 Å². The number of likely N-dealkylation sites (tertiary alicyclic amines) is 1. The Bertz CT molecular complexity index is 157. The van der Waals surface area contributed by atoms with Crippen LogP contribution in [0.4, 0.5) is 0 Å². The van der Waals surface area contributed by atoms with Crippen LogP contribution in [0.3, 0.4) is 0 Å². The summed E-state index contributed by atoms with van der Waals surface area (Å²) in [6.45, 7) is 3.85. The highest BCUT2D eigenvalue weighted by molar-refractivity contribution is 5.85. The Kier molecular flexibility index (Phi) is 12.1. The predicted octanol–water partition coefficient (Wildman–Crippen LogP) is 1.28. The minimum absolute atomic E-state index is 0. The van der Waals surface area contributed by atoms with Crippen LogP contribution in [0.15, 0.2) is 0 Å². The van der Waals surface area contributed by atoms with E-state index in [4.69, 9.17) is 5.73 Å². The van der Waals surface area contributed by atoms with Crippen molar-refractivity contribution in [2.45, 2.75) is 19.3 Å². The number of halogens is 2. The van der Waals surface area contributed by atoms with E-state index < -0.39 is 0 Å². The Morgan fingerprint density at radius 1 is 1.00 bits per heavy atom. The van der Waals surface area contributed by atoms with Crippen LogP contribution in [0.2, 0.25) is 0 Å². The van der Waals surface area contributed by atoms with Crippen molar-refractivity contribution < 1.29 is 0 Å². The van der Waals surface area contributed by atoms with E-state index >= 15 is 0 Å². The highest BCUT2D eigenvalue weighted by Crippen LogP contribution is 2.06. The van der Waals surface area contributed by atoms with Crippen LogP contribution in [-0.2, 0) is 0 Å². The first-order chi connectivity index (χ1) is 5.43. The predicted molar refractivity (Wildman–Crippen MR) is 61.6 cm³/mol. The van der Waals surface area contributed by atoms with E-state index in [1.807, 2.05) is 0 Å². The van der Waals surface area contributed by atoms with E-state index in [2.05, 4.69) is 16.7 Å². The summed E-state index contributed by atoms with van der Waals surface area (Å²) >= 11 is 0. The van der Waals surface area contributed by atoms with Crippen molar-refractivity contribution in [2.24, 2.45) is 5.73 Å². The monoisotopic (exact) mass is 224 g/mol. The fraction of sp³-hybridized carbons (Fsp3) is 0.778. The van der Waals surface area contributed by atoms with Crippen molar-refractivity contribution in [1.82, 2.24) is 4.90 Å². The molecule has 0 unspecified atom stereocenters. The van der Waals surface area contributed by atoms with E-state index in [1.54, 1.807) is 0 Å². The van der Waals surface area contributed by atoms with Crippen LogP contribution in [-0.4, -0.2) is 31.1 Å². The summed E-state index contributed by atoms with van der Waals surface area (Å²) in [5, 5.41) is 0. The molecule has 1 aliphatic heterocycles. The lowest BCUT2D eigenvalue weighted by molar-refractivity contribution is 0.255. The van der Waals surface area contributed by atoms with E-state index in [0.717, 1.165) is 6.54 Å². The Labute approximate surface area is 93.1 Å². The lowest BCUT2D eigenvalue weighted by Gasteiger charge is -2.23. The van der Waals surface area contributed by atoms with Gasteiger partial charge in [-0.1, -0.05) is 18.3 Å². The van der Waals surface area contributed by atoms with Gasteiger partial charge < -0.3 is 5.73 Å². The van der Waals surface area contributed by atoms with Crippen LogP contribution in [0, 0.1) is 11.8 Å². The molecule has 0 saturated carbocycles. The minimum atomic E-state index is 0. The van der Waals surface area contributed by atoms with Gasteiger partial charge in [-0.15, -0.1) is 24.8 Å². The normalized spacial score (nSPS) is 16.1. The molecule has 1 saturated heterocycles. The molecule has 1 heterocycles. The number of rotatable bonds is 1. The summed E-state index contributed by atoms with van der Waals surface area (Å²) in [6.07, 6.45) is 4.06. The third kappa shape index (κ3) is 7.16. The maximum absolute atomic E-state index is 5.25. The standard InChI is InChI=1S/C9H16N2.2ClH/c10-6-2-5-9-11-7-3-1-4-8-11;;/h1,3-4,6-10H2;2*1H. The van der Waals surface area contributed by atoms with Crippen LogP contribution in [0.25, 0.3) is 0 Å². The molecule has 0 aromatic rings. The van der Waals surface area contributed by atoms with Crippen molar-refractivity contribution in [2.75, 3.05) is 26.2 Å². The topological polar surface area (TPSA) is 29.3 Å². The number of hydrogen-bond acceptors (Lipinski definition) is 2. The van der Waals surface area contributed by atoms with Gasteiger partial charge >= 0.3 is 0 Å². The second-order valence-electron chi connectivity index (χ2n) is 2.89. The second kappa shape index (κ2) is 10.1. The molecule has 0 aliphatic carbocycles. The molecule has 0 atom stereocenters. The van der Waals surface area contributed by atoms with Crippen molar-refractivity contribution in [1.29, 1.82) is 0 Å². The SMILES string of the molecule is Cl.Cl.NCC#CCN1CCCCC1. The quantitative estimate of drug-likeness (QED) is 0.681. The highest BCUT2D eigenvalue weighted by Gasteiger charge is 2.06. The smallest absolute Gasteiger partial charge is 0.0602 e. The molecule has 1 rings (SSSR count). The van der Waals surface area contributed by atoms with Gasteiger partial charge in [0.15, 0.2) is 0 Å². The molecule has 1 fully saturated rings. The molecule has 2 nitrogen and oxygen atoms in total. The van der Waals surface area contributed by atoms with Gasteiger partial charge in [-0.05, 0) is 25.9 Å². The molecule has 78 valence electrons. The Morgan fingerprint density at radius 2 is 1.62 bits per heavy atom. The third-order valence-electron chi connectivity index (χ3n) is 1.98. The first-order valence-corrected chi connectivity index (χ1v) is 4.31. The zero-order valence-corrected chi connectivity index (χ0v) is 9.42. The fourth-order valence-electron chi connectivity index (χ4n) is 1.36. The molecule has 2 N–H and O–H groups in total.